The summed E-state index contributed by atoms with van der Waals surface area (Å²) >= 11 is 0. The van der Waals surface area contributed by atoms with Crippen molar-refractivity contribution in [2.24, 2.45) is 0 Å². The zero-order valence-electron chi connectivity index (χ0n) is 3.99. The van der Waals surface area contributed by atoms with Crippen LogP contribution in [0.4, 0.5) is 0 Å². The highest BCUT2D eigenvalue weighted by molar-refractivity contribution is 5.47. The number of hydrogen-bond acceptors (Lipinski definition) is 0. The van der Waals surface area contributed by atoms with Crippen LogP contribution in [-0.4, -0.2) is 0 Å². The van der Waals surface area contributed by atoms with Gasteiger partial charge in [-0.3, -0.25) is 0 Å². The lowest BCUT2D eigenvalue weighted by Gasteiger charge is -1.55. The van der Waals surface area contributed by atoms with Crippen LogP contribution in [0, 0.1) is 0 Å². The molecule has 0 heterocycles. The molecule has 6 heavy (non-hydrogen) atoms. The predicted molar refractivity (Wildman–Crippen MR) is 27.5 cm³/mol. The highest BCUT2D eigenvalue weighted by atomic mass is 14.2. The van der Waals surface area contributed by atoms with Crippen LogP contribution in [0.2, 0.25) is 0 Å². The lowest BCUT2D eigenvalue weighted by Crippen LogP contribution is -1.34. The van der Waals surface area contributed by atoms with Crippen molar-refractivity contribution >= 4 is 0 Å². The third-order valence-electron chi connectivity index (χ3n) is 1.08. The molecule has 1 fully saturated rings. The van der Waals surface area contributed by atoms with E-state index in [9.17, 15) is 0 Å². The third-order valence-corrected chi connectivity index (χ3v) is 1.08. The fourth-order valence-corrected chi connectivity index (χ4v) is 0.492. The first-order valence-corrected chi connectivity index (χ1v) is 2.18. The molecule has 0 nitrogen and oxygen atoms in total. The Kier molecular flexibility index (Phi) is 0.592. The van der Waals surface area contributed by atoms with Gasteiger partial charge >= 0.3 is 0 Å². The Balaban J connectivity index is 2.67. The highest BCUT2D eigenvalue weighted by Gasteiger charge is 2.14. The first-order valence-electron chi connectivity index (χ1n) is 2.18. The molecule has 0 N–H and O–H groups in total. The van der Waals surface area contributed by atoms with Crippen molar-refractivity contribution in [1.29, 1.82) is 0 Å². The monoisotopic (exact) mass is 80.1 g/mol. The molecule has 0 amide bonds. The molecule has 0 unspecified atom stereocenters. The third kappa shape index (κ3) is 0.383. The Hall–Kier alpha value is -0.520. The molecule has 0 aromatic carbocycles. The molecule has 0 radical (unpaired) electrons. The fourth-order valence-electron chi connectivity index (χ4n) is 0.492. The molecule has 0 bridgehead atoms. The molecule has 0 saturated heterocycles. The molecule has 0 aromatic heterocycles. The van der Waals surface area contributed by atoms with E-state index in [1.165, 1.54) is 11.1 Å². The SMILES string of the molecule is C=C1CC1=CC. The Morgan fingerprint density at radius 1 is 1.83 bits per heavy atom. The minimum absolute atomic E-state index is 1.16. The quantitative estimate of drug-likeness (QED) is 0.417. The van der Waals surface area contributed by atoms with Crippen molar-refractivity contribution in [2.75, 3.05) is 0 Å². The van der Waals surface area contributed by atoms with E-state index in [-0.39, 0.29) is 0 Å². The lowest BCUT2D eigenvalue weighted by molar-refractivity contribution is 1.63. The summed E-state index contributed by atoms with van der Waals surface area (Å²) in [7, 11) is 0. The topological polar surface area (TPSA) is 0 Å². The minimum Gasteiger partial charge on any atom is -0.0952 e. The first kappa shape index (κ1) is 3.66. The van der Waals surface area contributed by atoms with Gasteiger partial charge in [-0.05, 0) is 24.5 Å². The van der Waals surface area contributed by atoms with E-state index in [0.717, 1.165) is 6.42 Å². The average Bonchev–Trinajstić information content (AvgIpc) is 2.19. The van der Waals surface area contributed by atoms with Crippen LogP contribution >= 0.6 is 0 Å². The molecule has 1 saturated carbocycles. The normalized spacial score (nSPS) is 25.5. The smallest absolute Gasteiger partial charge is 0.00295 e. The van der Waals surface area contributed by atoms with E-state index in [1.807, 2.05) is 6.92 Å². The standard InChI is InChI=1S/C6H8/c1-3-6-4-5(6)2/h3H,2,4H2,1H3. The molecule has 1 aliphatic rings. The molecule has 1 aliphatic carbocycles. The summed E-state index contributed by atoms with van der Waals surface area (Å²) in [4.78, 5) is 0. The molecular weight excluding hydrogens is 72.1 g/mol. The van der Waals surface area contributed by atoms with E-state index in [4.69, 9.17) is 0 Å². The Labute approximate surface area is 38.2 Å². The Morgan fingerprint density at radius 2 is 2.33 bits per heavy atom. The molecule has 0 aromatic rings. The predicted octanol–water partition coefficient (Wildman–Crippen LogP) is 1.89. The zero-order valence-corrected chi connectivity index (χ0v) is 3.99. The van der Waals surface area contributed by atoms with E-state index in [1.54, 1.807) is 0 Å². The summed E-state index contributed by atoms with van der Waals surface area (Å²) in [6, 6.07) is 0. The summed E-state index contributed by atoms with van der Waals surface area (Å²) in [6.45, 7) is 5.80. The summed E-state index contributed by atoms with van der Waals surface area (Å²) in [5.41, 5.74) is 2.76. The van der Waals surface area contributed by atoms with Crippen LogP contribution in [-0.2, 0) is 0 Å². The highest BCUT2D eigenvalue weighted by Crippen LogP contribution is 2.33. The van der Waals surface area contributed by atoms with E-state index < -0.39 is 0 Å². The van der Waals surface area contributed by atoms with Crippen LogP contribution in [0.15, 0.2) is 23.8 Å². The molecule has 0 heteroatoms. The maximum absolute atomic E-state index is 3.75. The summed E-state index contributed by atoms with van der Waals surface area (Å²) in [5, 5.41) is 0. The van der Waals surface area contributed by atoms with Gasteiger partial charge in [0, 0.05) is 0 Å². The van der Waals surface area contributed by atoms with Gasteiger partial charge in [0.15, 0.2) is 0 Å². The summed E-state index contributed by atoms with van der Waals surface area (Å²) in [5.74, 6) is 0. The Morgan fingerprint density at radius 3 is 2.33 bits per heavy atom. The van der Waals surface area contributed by atoms with Crippen LogP contribution in [0.3, 0.4) is 0 Å². The lowest BCUT2D eigenvalue weighted by atomic mass is 10.5. The van der Waals surface area contributed by atoms with Gasteiger partial charge in [0.2, 0.25) is 0 Å². The van der Waals surface area contributed by atoms with Crippen molar-refractivity contribution in [2.45, 2.75) is 13.3 Å². The van der Waals surface area contributed by atoms with Crippen molar-refractivity contribution in [3.63, 3.8) is 0 Å². The fraction of sp³-hybridized carbons (Fsp3) is 0.333. The Bertz CT molecular complexity index is 107. The van der Waals surface area contributed by atoms with Crippen molar-refractivity contribution < 1.29 is 0 Å². The van der Waals surface area contributed by atoms with Gasteiger partial charge in [0.1, 0.15) is 0 Å². The van der Waals surface area contributed by atoms with Crippen LogP contribution < -0.4 is 0 Å². The van der Waals surface area contributed by atoms with E-state index >= 15 is 0 Å². The van der Waals surface area contributed by atoms with Gasteiger partial charge in [0.25, 0.3) is 0 Å². The number of allylic oxidation sites excluding steroid dienone is 3. The molecule has 0 aliphatic heterocycles. The maximum atomic E-state index is 3.75. The van der Waals surface area contributed by atoms with Crippen LogP contribution in [0.5, 0.6) is 0 Å². The van der Waals surface area contributed by atoms with Gasteiger partial charge in [-0.15, -0.1) is 0 Å². The number of hydrogen-bond donors (Lipinski definition) is 0. The van der Waals surface area contributed by atoms with Gasteiger partial charge < -0.3 is 0 Å². The van der Waals surface area contributed by atoms with Crippen LogP contribution in [0.1, 0.15) is 13.3 Å². The van der Waals surface area contributed by atoms with Gasteiger partial charge in [-0.2, -0.15) is 0 Å². The number of rotatable bonds is 0. The van der Waals surface area contributed by atoms with Gasteiger partial charge in [-0.1, -0.05) is 12.7 Å². The largest absolute Gasteiger partial charge is 0.0952 e. The van der Waals surface area contributed by atoms with Gasteiger partial charge in [0.05, 0.1) is 0 Å². The second kappa shape index (κ2) is 0.970. The van der Waals surface area contributed by atoms with E-state index in [0.29, 0.717) is 0 Å². The van der Waals surface area contributed by atoms with Crippen molar-refractivity contribution in [3.05, 3.63) is 23.8 Å². The average molecular weight is 80.1 g/mol. The molecule has 0 atom stereocenters. The van der Waals surface area contributed by atoms with Gasteiger partial charge in [-0.25, -0.2) is 0 Å². The summed E-state index contributed by atoms with van der Waals surface area (Å²) < 4.78 is 0. The maximum Gasteiger partial charge on any atom is -0.00295 e. The van der Waals surface area contributed by atoms with Crippen molar-refractivity contribution in [1.82, 2.24) is 0 Å². The second-order valence-corrected chi connectivity index (χ2v) is 1.59. The van der Waals surface area contributed by atoms with Crippen molar-refractivity contribution in [3.8, 4) is 0 Å². The molecular formula is C6H8. The summed E-state index contributed by atoms with van der Waals surface area (Å²) in [6.07, 6.45) is 3.28. The van der Waals surface area contributed by atoms with Crippen LogP contribution in [0.25, 0.3) is 0 Å². The zero-order chi connectivity index (χ0) is 4.57. The second-order valence-electron chi connectivity index (χ2n) is 1.59. The molecule has 1 rings (SSSR count). The minimum atomic E-state index is 1.16. The first-order chi connectivity index (χ1) is 2.84. The molecule has 32 valence electrons. The van der Waals surface area contributed by atoms with E-state index in [2.05, 4.69) is 12.7 Å². The molecule has 0 spiro atoms.